The third-order valence-electron chi connectivity index (χ3n) is 11.3. The van der Waals surface area contributed by atoms with Gasteiger partial charge in [-0.3, -0.25) is 4.79 Å². The predicted octanol–water partition coefficient (Wildman–Crippen LogP) is 11.5. The van der Waals surface area contributed by atoms with Gasteiger partial charge in [0.15, 0.2) is 0 Å². The third kappa shape index (κ3) is 11.7. The molecule has 230 valence electrons. The zero-order valence-corrected chi connectivity index (χ0v) is 26.7. The smallest absolute Gasteiger partial charge is 0.309 e. The zero-order chi connectivity index (χ0) is 28.5. The van der Waals surface area contributed by atoms with Crippen molar-refractivity contribution in [3.05, 3.63) is 0 Å². The molecule has 0 aromatic heterocycles. The Morgan fingerprint density at radius 1 is 0.675 bits per heavy atom. The fourth-order valence-corrected chi connectivity index (χ4v) is 8.35. The van der Waals surface area contributed by atoms with Gasteiger partial charge < -0.3 is 4.74 Å². The van der Waals surface area contributed by atoms with E-state index in [1.807, 2.05) is 0 Å². The van der Waals surface area contributed by atoms with Gasteiger partial charge in [0.05, 0.1) is 17.4 Å². The molecule has 0 aromatic rings. The van der Waals surface area contributed by atoms with Crippen LogP contribution >= 0.6 is 0 Å². The van der Waals surface area contributed by atoms with E-state index >= 15 is 0 Å². The van der Waals surface area contributed by atoms with Crippen molar-refractivity contribution < 1.29 is 9.53 Å². The molecule has 3 rings (SSSR count). The number of carbonyl (C=O) groups is 1. The van der Waals surface area contributed by atoms with Crippen LogP contribution in [0.4, 0.5) is 0 Å². The molecule has 0 unspecified atom stereocenters. The molecule has 3 nitrogen and oxygen atoms in total. The Morgan fingerprint density at radius 3 is 1.73 bits per heavy atom. The largest absolute Gasteiger partial charge is 0.462 e. The van der Waals surface area contributed by atoms with E-state index in [1.165, 1.54) is 128 Å². The van der Waals surface area contributed by atoms with E-state index in [0.29, 0.717) is 0 Å². The first-order chi connectivity index (χ1) is 19.6. The predicted molar refractivity (Wildman–Crippen MR) is 168 cm³/mol. The van der Waals surface area contributed by atoms with Crippen molar-refractivity contribution in [3.63, 3.8) is 0 Å². The Bertz CT molecular complexity index is 702. The van der Waals surface area contributed by atoms with Crippen LogP contribution in [0.2, 0.25) is 0 Å². The first-order valence-electron chi connectivity index (χ1n) is 18.2. The van der Waals surface area contributed by atoms with E-state index in [9.17, 15) is 10.1 Å². The standard InChI is InChI=1S/C37H65NO2/c1-3-5-7-9-10-11-12-14-16-31-17-19-32(20-18-31)33-21-23-34(24-22-33)36(39)40-35-25-28-37(30-38,29-26-35)27-15-13-8-6-4-2/h31-35H,3-29H2,1-2H3/t31-,32-,33-,34-,35?,37?. The first-order valence-corrected chi connectivity index (χ1v) is 18.2. The maximum absolute atomic E-state index is 13.0. The van der Waals surface area contributed by atoms with E-state index < -0.39 is 0 Å². The van der Waals surface area contributed by atoms with Crippen molar-refractivity contribution in [2.24, 2.45) is 29.1 Å². The van der Waals surface area contributed by atoms with Crippen LogP contribution in [0.5, 0.6) is 0 Å². The summed E-state index contributed by atoms with van der Waals surface area (Å²) >= 11 is 0. The lowest BCUT2D eigenvalue weighted by atomic mass is 9.68. The molecule has 3 heteroatoms. The normalized spacial score (nSPS) is 31.0. The molecule has 3 aliphatic carbocycles. The summed E-state index contributed by atoms with van der Waals surface area (Å²) in [6.07, 6.45) is 34.1. The number of hydrogen-bond donors (Lipinski definition) is 0. The topological polar surface area (TPSA) is 50.1 Å². The maximum Gasteiger partial charge on any atom is 0.309 e. The molecular formula is C37H65NO2. The highest BCUT2D eigenvalue weighted by atomic mass is 16.5. The summed E-state index contributed by atoms with van der Waals surface area (Å²) in [6, 6.07) is 2.67. The van der Waals surface area contributed by atoms with Gasteiger partial charge in [-0.1, -0.05) is 117 Å². The monoisotopic (exact) mass is 556 g/mol. The highest BCUT2D eigenvalue weighted by Gasteiger charge is 2.38. The van der Waals surface area contributed by atoms with Gasteiger partial charge in [-0.15, -0.1) is 0 Å². The Balaban J connectivity index is 1.24. The number of carbonyl (C=O) groups excluding carboxylic acids is 1. The van der Waals surface area contributed by atoms with E-state index in [2.05, 4.69) is 19.9 Å². The highest BCUT2D eigenvalue weighted by Crippen LogP contribution is 2.44. The van der Waals surface area contributed by atoms with Crippen LogP contribution in [0.3, 0.4) is 0 Å². The van der Waals surface area contributed by atoms with Crippen LogP contribution < -0.4 is 0 Å². The molecule has 0 amide bonds. The Hall–Kier alpha value is -1.04. The summed E-state index contributed by atoms with van der Waals surface area (Å²) in [5.74, 6) is 2.93. The lowest BCUT2D eigenvalue weighted by Gasteiger charge is -2.38. The van der Waals surface area contributed by atoms with Crippen molar-refractivity contribution in [2.45, 2.75) is 193 Å². The van der Waals surface area contributed by atoms with Crippen LogP contribution in [-0.4, -0.2) is 12.1 Å². The summed E-state index contributed by atoms with van der Waals surface area (Å²) in [6.45, 7) is 4.54. The van der Waals surface area contributed by atoms with Gasteiger partial charge in [0.1, 0.15) is 6.10 Å². The molecule has 0 saturated heterocycles. The Kier molecular flexibility index (Phi) is 16.1. The Labute approximate surface area is 249 Å². The molecule has 0 aromatic carbocycles. The molecule has 0 N–H and O–H groups in total. The van der Waals surface area contributed by atoms with E-state index in [1.54, 1.807) is 0 Å². The van der Waals surface area contributed by atoms with E-state index in [-0.39, 0.29) is 23.4 Å². The van der Waals surface area contributed by atoms with E-state index in [4.69, 9.17) is 4.74 Å². The van der Waals surface area contributed by atoms with Crippen LogP contribution in [0.1, 0.15) is 187 Å². The van der Waals surface area contributed by atoms with Crippen LogP contribution in [0.15, 0.2) is 0 Å². The van der Waals surface area contributed by atoms with Gasteiger partial charge in [-0.2, -0.15) is 5.26 Å². The Morgan fingerprint density at radius 2 is 1.18 bits per heavy atom. The quantitative estimate of drug-likeness (QED) is 0.125. The number of nitrogens with zero attached hydrogens (tertiary/aromatic N) is 1. The average molecular weight is 556 g/mol. The molecule has 3 fully saturated rings. The van der Waals surface area contributed by atoms with Gasteiger partial charge in [-0.25, -0.2) is 0 Å². The maximum atomic E-state index is 13.0. The molecule has 40 heavy (non-hydrogen) atoms. The van der Waals surface area contributed by atoms with Crippen molar-refractivity contribution in [2.75, 3.05) is 0 Å². The number of esters is 1. The summed E-state index contributed by atoms with van der Waals surface area (Å²) in [5.41, 5.74) is -0.167. The van der Waals surface area contributed by atoms with Gasteiger partial charge >= 0.3 is 5.97 Å². The van der Waals surface area contributed by atoms with Crippen LogP contribution in [-0.2, 0) is 9.53 Å². The number of nitriles is 1. The molecule has 0 heterocycles. The second kappa shape index (κ2) is 19.2. The minimum atomic E-state index is -0.167. The van der Waals surface area contributed by atoms with Crippen molar-refractivity contribution in [1.82, 2.24) is 0 Å². The second-order valence-electron chi connectivity index (χ2n) is 14.3. The highest BCUT2D eigenvalue weighted by molar-refractivity contribution is 5.72. The molecule has 0 spiro atoms. The van der Waals surface area contributed by atoms with Crippen molar-refractivity contribution in [1.29, 1.82) is 5.26 Å². The van der Waals surface area contributed by atoms with Gasteiger partial charge in [0.25, 0.3) is 0 Å². The SMILES string of the molecule is CCCCCCCCCC[C@H]1CC[C@H]([C@H]2CC[C@H](C(=O)OC3CCC(C#N)(CCCCCCC)CC3)CC2)CC1. The van der Waals surface area contributed by atoms with Gasteiger partial charge in [0.2, 0.25) is 0 Å². The van der Waals surface area contributed by atoms with Crippen LogP contribution in [0.25, 0.3) is 0 Å². The second-order valence-corrected chi connectivity index (χ2v) is 14.3. The fraction of sp³-hybridized carbons (Fsp3) is 0.946. The third-order valence-corrected chi connectivity index (χ3v) is 11.3. The molecule has 0 bridgehead atoms. The summed E-state index contributed by atoms with van der Waals surface area (Å²) in [7, 11) is 0. The zero-order valence-electron chi connectivity index (χ0n) is 26.7. The number of ether oxygens (including phenoxy) is 1. The van der Waals surface area contributed by atoms with Crippen LogP contribution in [0, 0.1) is 40.4 Å². The lowest BCUT2D eigenvalue weighted by molar-refractivity contribution is -0.158. The van der Waals surface area contributed by atoms with Gasteiger partial charge in [-0.05, 0) is 88.4 Å². The number of rotatable bonds is 18. The van der Waals surface area contributed by atoms with E-state index in [0.717, 1.165) is 62.7 Å². The van der Waals surface area contributed by atoms with Crippen molar-refractivity contribution in [3.8, 4) is 6.07 Å². The summed E-state index contributed by atoms with van der Waals surface area (Å²) in [4.78, 5) is 13.0. The molecule has 0 atom stereocenters. The average Bonchev–Trinajstić information content (AvgIpc) is 3.00. The summed E-state index contributed by atoms with van der Waals surface area (Å²) < 4.78 is 6.05. The number of unbranched alkanes of at least 4 members (excludes halogenated alkanes) is 11. The molecular weight excluding hydrogens is 490 g/mol. The molecule has 0 radical (unpaired) electrons. The summed E-state index contributed by atoms with van der Waals surface area (Å²) in [5, 5.41) is 9.89. The number of hydrogen-bond acceptors (Lipinski definition) is 3. The molecule has 3 aliphatic rings. The van der Waals surface area contributed by atoms with Crippen molar-refractivity contribution >= 4 is 5.97 Å². The fourth-order valence-electron chi connectivity index (χ4n) is 8.35. The molecule has 3 saturated carbocycles. The van der Waals surface area contributed by atoms with Gasteiger partial charge in [0, 0.05) is 0 Å². The first kappa shape index (κ1) is 33.5. The minimum Gasteiger partial charge on any atom is -0.462 e. The lowest BCUT2D eigenvalue weighted by Crippen LogP contribution is -2.34. The minimum absolute atomic E-state index is 0.0446. The molecule has 0 aliphatic heterocycles.